The first-order valence-corrected chi connectivity index (χ1v) is 6.71. The van der Waals surface area contributed by atoms with Gasteiger partial charge in [0.05, 0.1) is 18.2 Å². The molecule has 1 heterocycles. The lowest BCUT2D eigenvalue weighted by Gasteiger charge is -2.06. The molecule has 3 rings (SSSR count). The van der Waals surface area contributed by atoms with Gasteiger partial charge >= 0.3 is 11.9 Å². The fourth-order valence-electron chi connectivity index (χ4n) is 2.32. The van der Waals surface area contributed by atoms with Gasteiger partial charge in [0.25, 0.3) is 0 Å². The zero-order valence-corrected chi connectivity index (χ0v) is 11.4. The quantitative estimate of drug-likeness (QED) is 0.732. The largest absolute Gasteiger partial charge is 0.478 e. The van der Waals surface area contributed by atoms with Crippen molar-refractivity contribution in [2.24, 2.45) is 0 Å². The Labute approximate surface area is 118 Å². The number of hydrogen-bond acceptors (Lipinski definition) is 4. The Morgan fingerprint density at radius 2 is 1.85 bits per heavy atom. The fourth-order valence-corrected chi connectivity index (χ4v) is 3.43. The van der Waals surface area contributed by atoms with Crippen LogP contribution in [0.25, 0.3) is 20.2 Å². The molecule has 2 aromatic carbocycles. The van der Waals surface area contributed by atoms with E-state index in [1.165, 1.54) is 24.5 Å². The Bertz CT molecular complexity index is 848. The van der Waals surface area contributed by atoms with E-state index < -0.39 is 11.9 Å². The molecule has 0 unspecified atom stereocenters. The summed E-state index contributed by atoms with van der Waals surface area (Å²) in [5, 5.41) is 10.9. The number of carboxylic acid groups (broad SMARTS) is 1. The monoisotopic (exact) mass is 286 g/mol. The minimum atomic E-state index is -1.13. The molecule has 0 fully saturated rings. The Kier molecular flexibility index (Phi) is 2.91. The summed E-state index contributed by atoms with van der Waals surface area (Å²) >= 11 is 1.51. The number of esters is 1. The number of benzene rings is 2. The van der Waals surface area contributed by atoms with Crippen LogP contribution in [0, 0.1) is 0 Å². The van der Waals surface area contributed by atoms with Crippen LogP contribution in [0.3, 0.4) is 0 Å². The van der Waals surface area contributed by atoms with Crippen molar-refractivity contribution < 1.29 is 19.4 Å². The zero-order chi connectivity index (χ0) is 14.3. The van der Waals surface area contributed by atoms with Crippen LogP contribution in [0.15, 0.2) is 36.4 Å². The molecule has 0 amide bonds. The molecule has 4 nitrogen and oxygen atoms in total. The minimum Gasteiger partial charge on any atom is -0.478 e. The SMILES string of the molecule is COC(=O)c1ccc2sc3ccccc3c2c1C(=O)O. The van der Waals surface area contributed by atoms with Gasteiger partial charge in [-0.2, -0.15) is 0 Å². The number of carbonyl (C=O) groups is 2. The van der Waals surface area contributed by atoms with Gasteiger partial charge in [0.1, 0.15) is 0 Å². The minimum absolute atomic E-state index is 0.00630. The summed E-state index contributed by atoms with van der Waals surface area (Å²) in [6, 6.07) is 10.8. The lowest BCUT2D eigenvalue weighted by molar-refractivity contribution is 0.0583. The maximum absolute atomic E-state index is 11.8. The normalized spacial score (nSPS) is 10.8. The van der Waals surface area contributed by atoms with Gasteiger partial charge in [-0.15, -0.1) is 11.3 Å². The highest BCUT2D eigenvalue weighted by Crippen LogP contribution is 2.37. The van der Waals surface area contributed by atoms with Crippen LogP contribution >= 0.6 is 11.3 Å². The molecule has 0 saturated heterocycles. The van der Waals surface area contributed by atoms with Crippen molar-refractivity contribution in [3.8, 4) is 0 Å². The first kappa shape index (κ1) is 12.6. The molecule has 0 bridgehead atoms. The average molecular weight is 286 g/mol. The van der Waals surface area contributed by atoms with E-state index in [-0.39, 0.29) is 11.1 Å². The second-order valence-corrected chi connectivity index (χ2v) is 5.34. The van der Waals surface area contributed by atoms with Crippen molar-refractivity contribution in [1.29, 1.82) is 0 Å². The van der Waals surface area contributed by atoms with Gasteiger partial charge in [0.15, 0.2) is 0 Å². The highest BCUT2D eigenvalue weighted by Gasteiger charge is 2.22. The molecule has 3 aromatic rings. The number of methoxy groups -OCH3 is 1. The summed E-state index contributed by atoms with van der Waals surface area (Å²) < 4.78 is 6.50. The van der Waals surface area contributed by atoms with E-state index in [1.807, 2.05) is 24.3 Å². The summed E-state index contributed by atoms with van der Waals surface area (Å²) in [6.07, 6.45) is 0. The summed E-state index contributed by atoms with van der Waals surface area (Å²) in [6.45, 7) is 0. The van der Waals surface area contributed by atoms with Crippen LogP contribution in [0.1, 0.15) is 20.7 Å². The molecule has 1 N–H and O–H groups in total. The molecule has 0 aliphatic carbocycles. The predicted octanol–water partition coefficient (Wildman–Crippen LogP) is 3.54. The second kappa shape index (κ2) is 4.61. The average Bonchev–Trinajstić information content (AvgIpc) is 2.83. The Balaban J connectivity index is 2.50. The number of hydrogen-bond donors (Lipinski definition) is 1. The van der Waals surface area contributed by atoms with E-state index in [4.69, 9.17) is 0 Å². The lowest BCUT2D eigenvalue weighted by atomic mass is 10.0. The third-order valence-electron chi connectivity index (χ3n) is 3.16. The molecule has 0 saturated carbocycles. The summed E-state index contributed by atoms with van der Waals surface area (Å²) in [4.78, 5) is 23.4. The number of carbonyl (C=O) groups excluding carboxylic acids is 1. The van der Waals surface area contributed by atoms with Crippen molar-refractivity contribution in [1.82, 2.24) is 0 Å². The molecule has 20 heavy (non-hydrogen) atoms. The number of rotatable bonds is 2. The molecule has 0 aliphatic rings. The first-order chi connectivity index (χ1) is 9.63. The van der Waals surface area contributed by atoms with Crippen LogP contribution in [0.4, 0.5) is 0 Å². The van der Waals surface area contributed by atoms with Crippen molar-refractivity contribution in [3.05, 3.63) is 47.5 Å². The van der Waals surface area contributed by atoms with E-state index >= 15 is 0 Å². The van der Waals surface area contributed by atoms with Gasteiger partial charge in [-0.25, -0.2) is 9.59 Å². The van der Waals surface area contributed by atoms with Gasteiger partial charge in [0, 0.05) is 20.2 Å². The third kappa shape index (κ3) is 1.75. The van der Waals surface area contributed by atoms with Crippen LogP contribution < -0.4 is 0 Å². The molecule has 100 valence electrons. The van der Waals surface area contributed by atoms with Crippen LogP contribution in [0.5, 0.6) is 0 Å². The third-order valence-corrected chi connectivity index (χ3v) is 4.30. The van der Waals surface area contributed by atoms with E-state index in [1.54, 1.807) is 6.07 Å². The summed E-state index contributed by atoms with van der Waals surface area (Å²) in [5.41, 5.74) is 0.0860. The molecular weight excluding hydrogens is 276 g/mol. The van der Waals surface area contributed by atoms with Gasteiger partial charge in [0.2, 0.25) is 0 Å². The van der Waals surface area contributed by atoms with Crippen LogP contribution in [-0.4, -0.2) is 24.2 Å². The molecule has 0 atom stereocenters. The standard InChI is InChI=1S/C15H10O4S/c1-19-15(18)9-6-7-11-12(13(9)14(16)17)8-4-2-3-5-10(8)20-11/h2-7H,1H3,(H,16,17). The van der Waals surface area contributed by atoms with Gasteiger partial charge in [-0.1, -0.05) is 18.2 Å². The highest BCUT2D eigenvalue weighted by atomic mass is 32.1. The topological polar surface area (TPSA) is 63.6 Å². The van der Waals surface area contributed by atoms with Gasteiger partial charge in [-0.05, 0) is 18.2 Å². The molecule has 5 heteroatoms. The second-order valence-electron chi connectivity index (χ2n) is 4.26. The maximum Gasteiger partial charge on any atom is 0.338 e. The Morgan fingerprint density at radius 3 is 2.55 bits per heavy atom. The Hall–Kier alpha value is -2.40. The molecular formula is C15H10O4S. The first-order valence-electron chi connectivity index (χ1n) is 5.89. The van der Waals surface area contributed by atoms with E-state index in [0.29, 0.717) is 5.39 Å². The van der Waals surface area contributed by atoms with Crippen molar-refractivity contribution >= 4 is 43.4 Å². The fraction of sp³-hybridized carbons (Fsp3) is 0.0667. The highest BCUT2D eigenvalue weighted by molar-refractivity contribution is 7.25. The van der Waals surface area contributed by atoms with Crippen molar-refractivity contribution in [2.45, 2.75) is 0 Å². The van der Waals surface area contributed by atoms with Crippen molar-refractivity contribution in [3.63, 3.8) is 0 Å². The van der Waals surface area contributed by atoms with Gasteiger partial charge < -0.3 is 9.84 Å². The van der Waals surface area contributed by atoms with Gasteiger partial charge in [-0.3, -0.25) is 0 Å². The molecule has 0 spiro atoms. The summed E-state index contributed by atoms with van der Waals surface area (Å²) in [5.74, 6) is -1.76. The number of aromatic carboxylic acids is 1. The molecule has 0 radical (unpaired) electrons. The number of ether oxygens (including phenoxy) is 1. The lowest BCUT2D eigenvalue weighted by Crippen LogP contribution is -2.10. The van der Waals surface area contributed by atoms with Crippen LogP contribution in [-0.2, 0) is 4.74 Å². The van der Waals surface area contributed by atoms with E-state index in [9.17, 15) is 14.7 Å². The smallest absolute Gasteiger partial charge is 0.338 e. The number of carboxylic acids is 1. The zero-order valence-electron chi connectivity index (χ0n) is 10.5. The van der Waals surface area contributed by atoms with Crippen molar-refractivity contribution in [2.75, 3.05) is 7.11 Å². The number of thiophene rings is 1. The number of fused-ring (bicyclic) bond motifs is 3. The maximum atomic E-state index is 11.8. The van der Waals surface area contributed by atoms with E-state index in [0.717, 1.165) is 14.8 Å². The Morgan fingerprint density at radius 1 is 1.10 bits per heavy atom. The molecule has 0 aliphatic heterocycles. The summed E-state index contributed by atoms with van der Waals surface area (Å²) in [7, 11) is 1.24. The molecule has 1 aromatic heterocycles. The van der Waals surface area contributed by atoms with E-state index in [2.05, 4.69) is 4.74 Å². The van der Waals surface area contributed by atoms with Crippen LogP contribution in [0.2, 0.25) is 0 Å². The predicted molar refractivity (Wildman–Crippen MR) is 77.6 cm³/mol.